The summed E-state index contributed by atoms with van der Waals surface area (Å²) in [4.78, 5) is 0. The van der Waals surface area contributed by atoms with Gasteiger partial charge in [-0.3, -0.25) is 5.43 Å². The third-order valence-corrected chi connectivity index (χ3v) is 3.20. The summed E-state index contributed by atoms with van der Waals surface area (Å²) in [5, 5.41) is 5.28. The number of rotatable bonds is 3. The first kappa shape index (κ1) is 13.1. The number of nitrogens with one attached hydrogen (secondary N) is 1. The Morgan fingerprint density at radius 3 is 2.90 bits per heavy atom. The maximum Gasteiger partial charge on any atom is 0.231 e. The molecular formula is C14H10Cl2N2O2. The molecule has 0 saturated carbocycles. The summed E-state index contributed by atoms with van der Waals surface area (Å²) < 4.78 is 10.5. The molecule has 0 bridgehead atoms. The molecule has 0 atom stereocenters. The molecule has 0 saturated heterocycles. The minimum atomic E-state index is 0.191. The van der Waals surface area contributed by atoms with E-state index < -0.39 is 0 Å². The van der Waals surface area contributed by atoms with Gasteiger partial charge in [-0.1, -0.05) is 29.3 Å². The maximum atomic E-state index is 6.09. The second-order valence-electron chi connectivity index (χ2n) is 4.12. The molecule has 0 aliphatic carbocycles. The molecule has 1 aliphatic rings. The van der Waals surface area contributed by atoms with Crippen molar-refractivity contribution < 1.29 is 9.47 Å². The first-order valence-electron chi connectivity index (χ1n) is 5.86. The van der Waals surface area contributed by atoms with Crippen LogP contribution in [0, 0.1) is 0 Å². The third kappa shape index (κ3) is 2.81. The van der Waals surface area contributed by atoms with Crippen molar-refractivity contribution in [2.45, 2.75) is 0 Å². The van der Waals surface area contributed by atoms with Crippen molar-refractivity contribution >= 4 is 35.1 Å². The standard InChI is InChI=1S/C14H10Cl2N2O2/c15-10-2-1-3-11(6-10)18-17-7-9-4-12(16)14-13(5-9)19-8-20-14/h1-7,18H,8H2/b17-7-. The first-order chi connectivity index (χ1) is 9.72. The molecule has 6 heteroatoms. The van der Waals surface area contributed by atoms with Crippen LogP contribution < -0.4 is 14.9 Å². The van der Waals surface area contributed by atoms with E-state index in [9.17, 15) is 0 Å². The fourth-order valence-corrected chi connectivity index (χ4v) is 2.27. The highest BCUT2D eigenvalue weighted by atomic mass is 35.5. The number of hydrogen-bond acceptors (Lipinski definition) is 4. The van der Waals surface area contributed by atoms with Crippen LogP contribution in [0.3, 0.4) is 0 Å². The summed E-state index contributed by atoms with van der Waals surface area (Å²) in [6, 6.07) is 10.9. The van der Waals surface area contributed by atoms with Crippen LogP contribution in [-0.4, -0.2) is 13.0 Å². The Balaban J connectivity index is 1.75. The fraction of sp³-hybridized carbons (Fsp3) is 0.0714. The van der Waals surface area contributed by atoms with E-state index in [2.05, 4.69) is 10.5 Å². The van der Waals surface area contributed by atoms with E-state index in [0.717, 1.165) is 11.3 Å². The number of halogens is 2. The maximum absolute atomic E-state index is 6.09. The molecule has 0 radical (unpaired) electrons. The predicted octanol–water partition coefficient (Wildman–Crippen LogP) is 4.17. The van der Waals surface area contributed by atoms with Gasteiger partial charge in [0.1, 0.15) is 0 Å². The number of benzene rings is 2. The molecular weight excluding hydrogens is 299 g/mol. The molecule has 2 aromatic rings. The molecule has 0 amide bonds. The smallest absolute Gasteiger partial charge is 0.231 e. The zero-order chi connectivity index (χ0) is 13.9. The van der Waals surface area contributed by atoms with Gasteiger partial charge >= 0.3 is 0 Å². The summed E-state index contributed by atoms with van der Waals surface area (Å²) in [5.41, 5.74) is 4.51. The number of ether oxygens (including phenoxy) is 2. The number of nitrogens with zero attached hydrogens (tertiary/aromatic N) is 1. The van der Waals surface area contributed by atoms with Gasteiger partial charge in [-0.25, -0.2) is 0 Å². The van der Waals surface area contributed by atoms with Crippen LogP contribution in [0.25, 0.3) is 0 Å². The average Bonchev–Trinajstić information content (AvgIpc) is 2.88. The van der Waals surface area contributed by atoms with Crippen molar-refractivity contribution in [2.24, 2.45) is 5.10 Å². The Morgan fingerprint density at radius 1 is 1.15 bits per heavy atom. The first-order valence-corrected chi connectivity index (χ1v) is 6.62. The van der Waals surface area contributed by atoms with Crippen molar-refractivity contribution in [3.63, 3.8) is 0 Å². The van der Waals surface area contributed by atoms with Crippen LogP contribution >= 0.6 is 23.2 Å². The molecule has 2 aromatic carbocycles. The SMILES string of the molecule is Clc1cccc(N/N=C\c2cc(Cl)c3c(c2)OCO3)c1. The lowest BCUT2D eigenvalue weighted by atomic mass is 10.2. The third-order valence-electron chi connectivity index (χ3n) is 2.68. The summed E-state index contributed by atoms with van der Waals surface area (Å²) in [7, 11) is 0. The zero-order valence-electron chi connectivity index (χ0n) is 10.3. The number of fused-ring (bicyclic) bond motifs is 1. The van der Waals surface area contributed by atoms with Crippen molar-refractivity contribution in [3.05, 3.63) is 52.0 Å². The Bertz CT molecular complexity index is 674. The fourth-order valence-electron chi connectivity index (χ4n) is 1.80. The number of hydrogen-bond donors (Lipinski definition) is 1. The van der Waals surface area contributed by atoms with E-state index in [1.165, 1.54) is 0 Å². The lowest BCUT2D eigenvalue weighted by Crippen LogP contribution is -1.93. The van der Waals surface area contributed by atoms with Crippen LogP contribution in [0.2, 0.25) is 10.0 Å². The van der Waals surface area contributed by atoms with Gasteiger partial charge in [0, 0.05) is 5.02 Å². The second-order valence-corrected chi connectivity index (χ2v) is 4.96. The van der Waals surface area contributed by atoms with Gasteiger partial charge in [-0.15, -0.1) is 0 Å². The topological polar surface area (TPSA) is 42.9 Å². The minimum Gasteiger partial charge on any atom is -0.454 e. The molecule has 4 nitrogen and oxygen atoms in total. The van der Waals surface area contributed by atoms with Gasteiger partial charge in [-0.2, -0.15) is 5.10 Å². The molecule has 0 spiro atoms. The van der Waals surface area contributed by atoms with Gasteiger partial charge in [0.15, 0.2) is 11.5 Å². The molecule has 0 unspecified atom stereocenters. The van der Waals surface area contributed by atoms with Crippen molar-refractivity contribution in [1.29, 1.82) is 0 Å². The van der Waals surface area contributed by atoms with E-state index in [0.29, 0.717) is 21.5 Å². The van der Waals surface area contributed by atoms with Gasteiger partial charge in [0.25, 0.3) is 0 Å². The number of hydrazone groups is 1. The van der Waals surface area contributed by atoms with Gasteiger partial charge < -0.3 is 9.47 Å². The lowest BCUT2D eigenvalue weighted by Gasteiger charge is -2.02. The Hall–Kier alpha value is -1.91. The molecule has 1 N–H and O–H groups in total. The Labute approximate surface area is 125 Å². The van der Waals surface area contributed by atoms with E-state index >= 15 is 0 Å². The highest BCUT2D eigenvalue weighted by Gasteiger charge is 2.17. The molecule has 1 heterocycles. The number of anilines is 1. The molecule has 0 aromatic heterocycles. The van der Waals surface area contributed by atoms with Gasteiger partial charge in [0.05, 0.1) is 16.9 Å². The average molecular weight is 309 g/mol. The van der Waals surface area contributed by atoms with Crippen LogP contribution in [-0.2, 0) is 0 Å². The van der Waals surface area contributed by atoms with Crippen LogP contribution in [0.4, 0.5) is 5.69 Å². The van der Waals surface area contributed by atoms with Crippen LogP contribution in [0.5, 0.6) is 11.5 Å². The molecule has 0 fully saturated rings. The van der Waals surface area contributed by atoms with E-state index in [4.69, 9.17) is 32.7 Å². The largest absolute Gasteiger partial charge is 0.454 e. The van der Waals surface area contributed by atoms with Crippen LogP contribution in [0.15, 0.2) is 41.5 Å². The quantitative estimate of drug-likeness (QED) is 0.683. The second kappa shape index (κ2) is 5.61. The summed E-state index contributed by atoms with van der Waals surface area (Å²) in [6.07, 6.45) is 1.65. The van der Waals surface area contributed by atoms with Crippen LogP contribution in [0.1, 0.15) is 5.56 Å². The highest BCUT2D eigenvalue weighted by molar-refractivity contribution is 6.32. The van der Waals surface area contributed by atoms with E-state index in [-0.39, 0.29) is 6.79 Å². The summed E-state index contributed by atoms with van der Waals surface area (Å²) in [5.74, 6) is 1.20. The summed E-state index contributed by atoms with van der Waals surface area (Å²) >= 11 is 12.0. The van der Waals surface area contributed by atoms with E-state index in [1.807, 2.05) is 18.2 Å². The van der Waals surface area contributed by atoms with Crippen molar-refractivity contribution in [3.8, 4) is 11.5 Å². The Morgan fingerprint density at radius 2 is 2.05 bits per heavy atom. The molecule has 102 valence electrons. The molecule has 1 aliphatic heterocycles. The zero-order valence-corrected chi connectivity index (χ0v) is 11.8. The lowest BCUT2D eigenvalue weighted by molar-refractivity contribution is 0.174. The molecule has 20 heavy (non-hydrogen) atoms. The monoisotopic (exact) mass is 308 g/mol. The van der Waals surface area contributed by atoms with Crippen molar-refractivity contribution in [1.82, 2.24) is 0 Å². The van der Waals surface area contributed by atoms with Gasteiger partial charge in [-0.05, 0) is 35.9 Å². The van der Waals surface area contributed by atoms with Gasteiger partial charge in [0.2, 0.25) is 6.79 Å². The van der Waals surface area contributed by atoms with E-state index in [1.54, 1.807) is 24.4 Å². The molecule has 3 rings (SSSR count). The van der Waals surface area contributed by atoms with Crippen molar-refractivity contribution in [2.75, 3.05) is 12.2 Å². The Kier molecular flexibility index (Phi) is 3.67. The minimum absolute atomic E-state index is 0.191. The predicted molar refractivity (Wildman–Crippen MR) is 80.2 cm³/mol. The summed E-state index contributed by atoms with van der Waals surface area (Å²) in [6.45, 7) is 0.191. The highest BCUT2D eigenvalue weighted by Crippen LogP contribution is 2.39. The normalized spacial score (nSPS) is 12.9.